The average Bonchev–Trinajstić information content (AvgIpc) is 2.90. The van der Waals surface area contributed by atoms with Crippen molar-refractivity contribution >= 4 is 21.6 Å². The van der Waals surface area contributed by atoms with Crippen LogP contribution in [0.5, 0.6) is 5.75 Å². The summed E-state index contributed by atoms with van der Waals surface area (Å²) in [6.45, 7) is 7.35. The first-order valence-corrected chi connectivity index (χ1v) is 17.9. The fourth-order valence-electron chi connectivity index (χ4n) is 8.53. The van der Waals surface area contributed by atoms with E-state index in [9.17, 15) is 5.11 Å². The summed E-state index contributed by atoms with van der Waals surface area (Å²) in [5.41, 5.74) is 5.87. The Bertz CT molecular complexity index is 1180. The maximum absolute atomic E-state index is 10.9. The van der Waals surface area contributed by atoms with Crippen LogP contribution < -0.4 is 5.32 Å². The number of hydrogen-bond donors (Lipinski definition) is 2. The van der Waals surface area contributed by atoms with E-state index >= 15 is 0 Å². The summed E-state index contributed by atoms with van der Waals surface area (Å²) in [4.78, 5) is 0. The van der Waals surface area contributed by atoms with E-state index in [0.717, 1.165) is 42.8 Å². The lowest BCUT2D eigenvalue weighted by molar-refractivity contribution is 0.0932. The van der Waals surface area contributed by atoms with Crippen LogP contribution in [0, 0.1) is 29.1 Å². The molecule has 2 aliphatic heterocycles. The second kappa shape index (κ2) is 11.9. The Hall–Kier alpha value is -1.36. The van der Waals surface area contributed by atoms with Gasteiger partial charge in [0.05, 0.1) is 0 Å². The van der Waals surface area contributed by atoms with Crippen molar-refractivity contribution in [1.29, 1.82) is 0 Å². The van der Waals surface area contributed by atoms with E-state index in [1.165, 1.54) is 60.1 Å². The molecule has 2 aromatic rings. The van der Waals surface area contributed by atoms with Gasteiger partial charge in [-0.3, -0.25) is 0 Å². The molecule has 7 rings (SSSR count). The first-order chi connectivity index (χ1) is 18.9. The van der Waals surface area contributed by atoms with Crippen LogP contribution in [-0.4, -0.2) is 22.7 Å². The molecule has 0 amide bonds. The van der Waals surface area contributed by atoms with Gasteiger partial charge in [-0.1, -0.05) is 77.9 Å². The zero-order valence-corrected chi connectivity index (χ0v) is 25.7. The Morgan fingerprint density at radius 2 is 1.72 bits per heavy atom. The molecular formula is C35H47NOS2. The van der Waals surface area contributed by atoms with Crippen molar-refractivity contribution in [3.63, 3.8) is 0 Å². The Kier molecular flexibility index (Phi) is 8.45. The SMILES string of the molecule is C[C@H]1CC=C[C@](C)([C@@H]2C[C@@H]3CSSC[C@@H](C)N[C@H]4CC[C@@H](c5cc(O)cc(c5)C[C@H](C3)C2)c2ccccc24)C1. The van der Waals surface area contributed by atoms with Crippen LogP contribution in [-0.2, 0) is 6.42 Å². The lowest BCUT2D eigenvalue weighted by Crippen LogP contribution is -2.37. The molecule has 0 spiro atoms. The van der Waals surface area contributed by atoms with E-state index < -0.39 is 0 Å². The predicted molar refractivity (Wildman–Crippen MR) is 170 cm³/mol. The van der Waals surface area contributed by atoms with Gasteiger partial charge in [0.15, 0.2) is 0 Å². The zero-order valence-electron chi connectivity index (χ0n) is 24.1. The fourth-order valence-corrected chi connectivity index (χ4v) is 11.3. The monoisotopic (exact) mass is 561 g/mol. The molecule has 5 aliphatic rings. The van der Waals surface area contributed by atoms with Gasteiger partial charge < -0.3 is 10.4 Å². The number of phenolic OH excluding ortho intramolecular Hbond substituents is 1. The number of hydrogen-bond acceptors (Lipinski definition) is 4. The summed E-state index contributed by atoms with van der Waals surface area (Å²) in [5.74, 6) is 6.24. The molecule has 1 fully saturated rings. The van der Waals surface area contributed by atoms with Crippen molar-refractivity contribution in [3.8, 4) is 5.75 Å². The van der Waals surface area contributed by atoms with E-state index in [4.69, 9.17) is 0 Å². The fraction of sp³-hybridized carbons (Fsp3) is 0.600. The highest BCUT2D eigenvalue weighted by molar-refractivity contribution is 8.76. The second-order valence-electron chi connectivity index (χ2n) is 13.7. The maximum atomic E-state index is 10.9. The van der Waals surface area contributed by atoms with Crippen LogP contribution in [0.4, 0.5) is 0 Å². The second-order valence-corrected chi connectivity index (χ2v) is 16.2. The lowest BCUT2D eigenvalue weighted by atomic mass is 9.60. The van der Waals surface area contributed by atoms with Gasteiger partial charge in [0.2, 0.25) is 0 Å². The Labute approximate surface area is 244 Å². The van der Waals surface area contributed by atoms with Gasteiger partial charge in [-0.2, -0.15) is 0 Å². The van der Waals surface area contributed by atoms with E-state index in [2.05, 4.69) is 96.2 Å². The molecule has 0 saturated heterocycles. The summed E-state index contributed by atoms with van der Waals surface area (Å²) in [7, 11) is 4.20. The minimum Gasteiger partial charge on any atom is -0.508 e. The normalized spacial score (nSPS) is 37.2. The van der Waals surface area contributed by atoms with Gasteiger partial charge in [0.1, 0.15) is 5.75 Å². The molecule has 0 aromatic heterocycles. The van der Waals surface area contributed by atoms with Gasteiger partial charge in [0.25, 0.3) is 0 Å². The van der Waals surface area contributed by atoms with Gasteiger partial charge in [-0.05, 0) is 122 Å². The lowest BCUT2D eigenvalue weighted by Gasteiger charge is -2.46. The standard InChI is InChI=1S/C35H47NOS2/c1-23-7-6-12-35(3,20-23)29-16-25-13-26-15-28(19-30(37)18-26)31-10-11-34(33-9-5-4-8-32(31)33)36-24(2)21-38-39-22-27(14-25)17-29/h4-6,8-9,12,15,18-19,23-25,27,29,31,34,36-37H,7,10-11,13-14,16-17,20-22H2,1-3H3/t23-,24+,25+,27+,29-,31-,34-,35-/m0/s1. The maximum Gasteiger partial charge on any atom is 0.116 e. The number of fused-ring (bicyclic) bond motifs is 6. The van der Waals surface area contributed by atoms with Crippen LogP contribution in [0.15, 0.2) is 54.6 Å². The number of allylic oxidation sites excluding steroid dienone is 2. The van der Waals surface area contributed by atoms with Crippen LogP contribution in [0.1, 0.15) is 99.9 Å². The number of aromatic hydroxyl groups is 1. The summed E-state index contributed by atoms with van der Waals surface area (Å²) >= 11 is 0. The minimum absolute atomic E-state index is 0.330. The molecule has 2 nitrogen and oxygen atoms in total. The summed E-state index contributed by atoms with van der Waals surface area (Å²) in [5, 5.41) is 14.9. The van der Waals surface area contributed by atoms with Gasteiger partial charge in [0, 0.05) is 29.5 Å². The van der Waals surface area contributed by atoms with E-state index in [1.54, 1.807) is 0 Å². The van der Waals surface area contributed by atoms with E-state index in [1.807, 2.05) is 6.07 Å². The Morgan fingerprint density at radius 1 is 0.923 bits per heavy atom. The number of nitrogens with one attached hydrogen (secondary N) is 1. The molecule has 210 valence electrons. The topological polar surface area (TPSA) is 32.3 Å². The van der Waals surface area contributed by atoms with Crippen LogP contribution in [0.25, 0.3) is 0 Å². The smallest absolute Gasteiger partial charge is 0.116 e. The van der Waals surface area contributed by atoms with Crippen molar-refractivity contribution in [3.05, 3.63) is 76.9 Å². The number of phenols is 1. The molecule has 2 heterocycles. The van der Waals surface area contributed by atoms with Crippen molar-refractivity contribution in [2.45, 2.75) is 90.1 Å². The third kappa shape index (κ3) is 6.28. The van der Waals surface area contributed by atoms with Crippen molar-refractivity contribution in [1.82, 2.24) is 5.32 Å². The number of benzene rings is 2. The van der Waals surface area contributed by atoms with Crippen LogP contribution in [0.2, 0.25) is 0 Å². The first kappa shape index (κ1) is 27.8. The third-order valence-corrected chi connectivity index (χ3v) is 13.0. The average molecular weight is 562 g/mol. The first-order valence-electron chi connectivity index (χ1n) is 15.5. The predicted octanol–water partition coefficient (Wildman–Crippen LogP) is 9.30. The Morgan fingerprint density at radius 3 is 2.56 bits per heavy atom. The molecule has 0 unspecified atom stereocenters. The molecule has 39 heavy (non-hydrogen) atoms. The third-order valence-electron chi connectivity index (χ3n) is 10.3. The van der Waals surface area contributed by atoms with Gasteiger partial charge >= 0.3 is 0 Å². The number of rotatable bonds is 1. The molecule has 8 atom stereocenters. The summed E-state index contributed by atoms with van der Waals surface area (Å²) < 4.78 is 0. The van der Waals surface area contributed by atoms with E-state index in [-0.39, 0.29) is 0 Å². The van der Waals surface area contributed by atoms with Gasteiger partial charge in [-0.25, -0.2) is 0 Å². The molecule has 1 saturated carbocycles. The Balaban J connectivity index is 1.33. The minimum atomic E-state index is 0.330. The van der Waals surface area contributed by atoms with Crippen molar-refractivity contribution < 1.29 is 5.11 Å². The quantitative estimate of drug-likeness (QED) is 0.268. The van der Waals surface area contributed by atoms with Gasteiger partial charge in [-0.15, -0.1) is 0 Å². The highest BCUT2D eigenvalue weighted by atomic mass is 33.1. The largest absolute Gasteiger partial charge is 0.508 e. The van der Waals surface area contributed by atoms with Crippen LogP contribution >= 0.6 is 21.6 Å². The molecule has 6 bridgehead atoms. The highest BCUT2D eigenvalue weighted by Gasteiger charge is 2.41. The van der Waals surface area contributed by atoms with Crippen molar-refractivity contribution in [2.75, 3.05) is 11.5 Å². The summed E-state index contributed by atoms with van der Waals surface area (Å²) in [6.07, 6.45) is 15.0. The van der Waals surface area contributed by atoms with Crippen molar-refractivity contribution in [2.24, 2.45) is 29.1 Å². The molecule has 2 aromatic carbocycles. The molecular weight excluding hydrogens is 515 g/mol. The van der Waals surface area contributed by atoms with E-state index in [0.29, 0.717) is 35.1 Å². The summed E-state index contributed by atoms with van der Waals surface area (Å²) in [6, 6.07) is 16.5. The molecule has 0 radical (unpaired) electrons. The molecule has 3 aliphatic carbocycles. The molecule has 2 N–H and O–H groups in total. The van der Waals surface area contributed by atoms with Crippen LogP contribution in [0.3, 0.4) is 0 Å². The highest BCUT2D eigenvalue weighted by Crippen LogP contribution is 2.51. The zero-order chi connectivity index (χ0) is 27.0. The molecule has 4 heteroatoms.